The molecular formula is C16H25N3O3. The predicted octanol–water partition coefficient (Wildman–Crippen LogP) is 2.59. The van der Waals surface area contributed by atoms with Crippen LogP contribution in [-0.4, -0.2) is 46.3 Å². The van der Waals surface area contributed by atoms with E-state index in [-0.39, 0.29) is 17.9 Å². The smallest absolute Gasteiger partial charge is 0.356 e. The fourth-order valence-electron chi connectivity index (χ4n) is 2.63. The summed E-state index contributed by atoms with van der Waals surface area (Å²) >= 11 is 0. The SMILES string of the molecule is CCCC[C@@H]1CN(c2cncc(C(=O)O)n2)C[C@H](C(C)C)O1. The summed E-state index contributed by atoms with van der Waals surface area (Å²) in [5, 5.41) is 9.07. The summed E-state index contributed by atoms with van der Waals surface area (Å²) < 4.78 is 6.17. The molecule has 0 unspecified atom stereocenters. The third kappa shape index (κ3) is 4.16. The van der Waals surface area contributed by atoms with Crippen molar-refractivity contribution in [2.75, 3.05) is 18.0 Å². The molecule has 1 fully saturated rings. The number of ether oxygens (including phenoxy) is 1. The quantitative estimate of drug-likeness (QED) is 0.870. The summed E-state index contributed by atoms with van der Waals surface area (Å²) in [6, 6.07) is 0. The van der Waals surface area contributed by atoms with Gasteiger partial charge in [-0.25, -0.2) is 9.78 Å². The Morgan fingerprint density at radius 2 is 2.23 bits per heavy atom. The molecule has 0 radical (unpaired) electrons. The van der Waals surface area contributed by atoms with Crippen LogP contribution in [0.25, 0.3) is 0 Å². The summed E-state index contributed by atoms with van der Waals surface area (Å²) in [6.45, 7) is 7.91. The van der Waals surface area contributed by atoms with Crippen molar-refractivity contribution in [1.29, 1.82) is 0 Å². The second kappa shape index (κ2) is 7.54. The molecule has 0 aliphatic carbocycles. The van der Waals surface area contributed by atoms with Crippen molar-refractivity contribution in [2.24, 2.45) is 5.92 Å². The van der Waals surface area contributed by atoms with Crippen LogP contribution >= 0.6 is 0 Å². The lowest BCUT2D eigenvalue weighted by molar-refractivity contribution is -0.0521. The number of carboxylic acid groups (broad SMARTS) is 1. The Kier molecular flexibility index (Phi) is 5.71. The van der Waals surface area contributed by atoms with Crippen LogP contribution in [0.3, 0.4) is 0 Å². The molecule has 0 bridgehead atoms. The number of hydrogen-bond acceptors (Lipinski definition) is 5. The Labute approximate surface area is 131 Å². The van der Waals surface area contributed by atoms with Crippen molar-refractivity contribution >= 4 is 11.8 Å². The van der Waals surface area contributed by atoms with Crippen LogP contribution in [0.15, 0.2) is 12.4 Å². The minimum atomic E-state index is -1.05. The van der Waals surface area contributed by atoms with Crippen molar-refractivity contribution in [1.82, 2.24) is 9.97 Å². The van der Waals surface area contributed by atoms with E-state index in [0.717, 1.165) is 32.4 Å². The van der Waals surface area contributed by atoms with Gasteiger partial charge < -0.3 is 14.7 Å². The molecule has 122 valence electrons. The van der Waals surface area contributed by atoms with Gasteiger partial charge in [0.05, 0.1) is 24.6 Å². The van der Waals surface area contributed by atoms with Gasteiger partial charge in [0, 0.05) is 13.1 Å². The maximum absolute atomic E-state index is 11.1. The number of aromatic carboxylic acids is 1. The van der Waals surface area contributed by atoms with Gasteiger partial charge >= 0.3 is 5.97 Å². The number of aromatic nitrogens is 2. The van der Waals surface area contributed by atoms with E-state index in [1.165, 1.54) is 6.20 Å². The Bertz CT molecular complexity index is 507. The van der Waals surface area contributed by atoms with E-state index in [0.29, 0.717) is 11.7 Å². The monoisotopic (exact) mass is 307 g/mol. The molecule has 6 heteroatoms. The largest absolute Gasteiger partial charge is 0.476 e. The zero-order chi connectivity index (χ0) is 16.1. The summed E-state index contributed by atoms with van der Waals surface area (Å²) in [7, 11) is 0. The van der Waals surface area contributed by atoms with Gasteiger partial charge in [0.1, 0.15) is 5.82 Å². The van der Waals surface area contributed by atoms with Gasteiger partial charge in [0.2, 0.25) is 0 Å². The molecule has 2 atom stereocenters. The third-order valence-corrected chi connectivity index (χ3v) is 3.98. The first-order valence-electron chi connectivity index (χ1n) is 7.97. The van der Waals surface area contributed by atoms with Crippen molar-refractivity contribution in [3.8, 4) is 0 Å². The molecule has 1 N–H and O–H groups in total. The molecule has 22 heavy (non-hydrogen) atoms. The second-order valence-electron chi connectivity index (χ2n) is 6.16. The Morgan fingerprint density at radius 1 is 1.45 bits per heavy atom. The molecule has 0 amide bonds. The maximum Gasteiger partial charge on any atom is 0.356 e. The van der Waals surface area contributed by atoms with Crippen molar-refractivity contribution in [3.63, 3.8) is 0 Å². The normalized spacial score (nSPS) is 22.1. The second-order valence-corrected chi connectivity index (χ2v) is 6.16. The topological polar surface area (TPSA) is 75.6 Å². The van der Waals surface area contributed by atoms with E-state index in [1.54, 1.807) is 6.20 Å². The van der Waals surface area contributed by atoms with E-state index >= 15 is 0 Å². The highest BCUT2D eigenvalue weighted by Gasteiger charge is 2.30. The van der Waals surface area contributed by atoms with Gasteiger partial charge in [-0.2, -0.15) is 0 Å². The van der Waals surface area contributed by atoms with E-state index in [9.17, 15) is 4.79 Å². The summed E-state index contributed by atoms with van der Waals surface area (Å²) in [5.74, 6) is -0.0246. The molecule has 1 aromatic rings. The van der Waals surface area contributed by atoms with Crippen LogP contribution in [0.1, 0.15) is 50.5 Å². The Balaban J connectivity index is 2.16. The fraction of sp³-hybridized carbons (Fsp3) is 0.688. The highest BCUT2D eigenvalue weighted by atomic mass is 16.5. The first-order valence-corrected chi connectivity index (χ1v) is 7.97. The van der Waals surface area contributed by atoms with Crippen molar-refractivity contribution < 1.29 is 14.6 Å². The van der Waals surface area contributed by atoms with Crippen molar-refractivity contribution in [3.05, 3.63) is 18.1 Å². The number of unbranched alkanes of at least 4 members (excludes halogenated alkanes) is 1. The first kappa shape index (κ1) is 16.7. The van der Waals surface area contributed by atoms with Crippen LogP contribution in [0.2, 0.25) is 0 Å². The van der Waals surface area contributed by atoms with Crippen LogP contribution in [0.5, 0.6) is 0 Å². The molecule has 1 aliphatic rings. The molecule has 1 aromatic heterocycles. The zero-order valence-electron chi connectivity index (χ0n) is 13.5. The number of rotatable bonds is 6. The van der Waals surface area contributed by atoms with Crippen LogP contribution in [0.4, 0.5) is 5.82 Å². The van der Waals surface area contributed by atoms with Gasteiger partial charge in [-0.05, 0) is 12.3 Å². The van der Waals surface area contributed by atoms with E-state index in [2.05, 4.69) is 35.6 Å². The highest BCUT2D eigenvalue weighted by Crippen LogP contribution is 2.24. The average molecular weight is 307 g/mol. The number of carbonyl (C=O) groups is 1. The van der Waals surface area contributed by atoms with Gasteiger partial charge in [-0.1, -0.05) is 33.6 Å². The lowest BCUT2D eigenvalue weighted by Gasteiger charge is -2.40. The van der Waals surface area contributed by atoms with Crippen LogP contribution in [0, 0.1) is 5.92 Å². The zero-order valence-corrected chi connectivity index (χ0v) is 13.5. The number of anilines is 1. The minimum Gasteiger partial charge on any atom is -0.476 e. The molecule has 2 heterocycles. The first-order chi connectivity index (χ1) is 10.5. The van der Waals surface area contributed by atoms with Gasteiger partial charge in [-0.15, -0.1) is 0 Å². The minimum absolute atomic E-state index is 0.0183. The highest BCUT2D eigenvalue weighted by molar-refractivity contribution is 5.85. The van der Waals surface area contributed by atoms with Crippen LogP contribution in [-0.2, 0) is 4.74 Å². The number of nitrogens with zero attached hydrogens (tertiary/aromatic N) is 3. The molecule has 1 saturated heterocycles. The van der Waals surface area contributed by atoms with E-state index < -0.39 is 5.97 Å². The van der Waals surface area contributed by atoms with Crippen LogP contribution < -0.4 is 4.90 Å². The summed E-state index contributed by atoms with van der Waals surface area (Å²) in [5.41, 5.74) is -0.0183. The summed E-state index contributed by atoms with van der Waals surface area (Å²) in [4.78, 5) is 21.4. The van der Waals surface area contributed by atoms with E-state index in [1.807, 2.05) is 0 Å². The third-order valence-electron chi connectivity index (χ3n) is 3.98. The molecule has 0 aromatic carbocycles. The standard InChI is InChI=1S/C16H25N3O3/c1-4-5-6-12-9-19(10-14(22-12)11(2)3)15-8-17-7-13(18-15)16(20)21/h7-8,11-12,14H,4-6,9-10H2,1-3H3,(H,20,21)/t12-,14-/m1/s1. The molecule has 1 aliphatic heterocycles. The number of carboxylic acids is 1. The molecule has 2 rings (SSSR count). The number of morpholine rings is 1. The molecule has 6 nitrogen and oxygen atoms in total. The maximum atomic E-state index is 11.1. The fourth-order valence-corrected chi connectivity index (χ4v) is 2.63. The summed E-state index contributed by atoms with van der Waals surface area (Å²) in [6.07, 6.45) is 6.49. The average Bonchev–Trinajstić information content (AvgIpc) is 2.52. The van der Waals surface area contributed by atoms with Gasteiger partial charge in [-0.3, -0.25) is 4.98 Å². The molecule has 0 spiro atoms. The predicted molar refractivity (Wildman–Crippen MR) is 84.2 cm³/mol. The lowest BCUT2D eigenvalue weighted by Crippen LogP contribution is -2.50. The van der Waals surface area contributed by atoms with Gasteiger partial charge in [0.25, 0.3) is 0 Å². The number of hydrogen-bond donors (Lipinski definition) is 1. The molecular weight excluding hydrogens is 282 g/mol. The van der Waals surface area contributed by atoms with Crippen molar-refractivity contribution in [2.45, 2.75) is 52.2 Å². The Morgan fingerprint density at radius 3 is 2.86 bits per heavy atom. The molecule has 0 saturated carbocycles. The van der Waals surface area contributed by atoms with E-state index in [4.69, 9.17) is 9.84 Å². The Hall–Kier alpha value is -1.69. The van der Waals surface area contributed by atoms with Gasteiger partial charge in [0.15, 0.2) is 5.69 Å². The lowest BCUT2D eigenvalue weighted by atomic mass is 10.0.